The third-order valence-electron chi connectivity index (χ3n) is 8.89. The van der Waals surface area contributed by atoms with Crippen LogP contribution in [0.3, 0.4) is 0 Å². The number of halogens is 3. The van der Waals surface area contributed by atoms with E-state index in [9.17, 15) is 18.0 Å². The molecule has 1 N–H and O–H groups in total. The fourth-order valence-corrected chi connectivity index (χ4v) is 6.73. The Morgan fingerprint density at radius 3 is 1.86 bits per heavy atom. The fourth-order valence-electron chi connectivity index (χ4n) is 6.73. The minimum absolute atomic E-state index is 0.457. The number of rotatable bonds is 9. The van der Waals surface area contributed by atoms with E-state index in [0.29, 0.717) is 6.42 Å². The van der Waals surface area contributed by atoms with Crippen molar-refractivity contribution in [2.24, 2.45) is 0 Å². The molecule has 0 unspecified atom stereocenters. The molecule has 1 aliphatic heterocycles. The number of unbranched alkanes of at least 4 members (excludes halogenated alkanes) is 1. The molecule has 4 nitrogen and oxygen atoms in total. The number of fused-ring (bicyclic) bond motifs is 3. The van der Waals surface area contributed by atoms with Crippen LogP contribution in [0.4, 0.5) is 18.9 Å². The Labute approximate surface area is 251 Å². The molecule has 1 heterocycles. The minimum atomic E-state index is -4.47. The fraction of sp³-hybridized carbons (Fsp3) is 0.306. The van der Waals surface area contributed by atoms with Crippen LogP contribution in [0.2, 0.25) is 0 Å². The first-order valence-corrected chi connectivity index (χ1v) is 15.0. The zero-order valence-electron chi connectivity index (χ0n) is 24.1. The second kappa shape index (κ2) is 12.3. The second-order valence-corrected chi connectivity index (χ2v) is 11.5. The Hall–Kier alpha value is -4.10. The van der Waals surface area contributed by atoms with Crippen molar-refractivity contribution < 1.29 is 18.0 Å². The summed E-state index contributed by atoms with van der Waals surface area (Å²) in [7, 11) is 0. The number of carbonyl (C=O) groups excluding carboxylic acids is 1. The number of nitrogens with zero attached hydrogens (tertiary/aromatic N) is 2. The summed E-state index contributed by atoms with van der Waals surface area (Å²) in [6, 6.07) is 34.4. The summed E-state index contributed by atoms with van der Waals surface area (Å²) in [5, 5.41) is 2.23. The lowest BCUT2D eigenvalue weighted by Crippen LogP contribution is -2.47. The summed E-state index contributed by atoms with van der Waals surface area (Å²) in [6.45, 7) is 3.33. The highest BCUT2D eigenvalue weighted by molar-refractivity contribution is 6.00. The van der Waals surface area contributed by atoms with Gasteiger partial charge in [0, 0.05) is 31.9 Å². The Morgan fingerprint density at radius 2 is 1.26 bits per heavy atom. The zero-order valence-corrected chi connectivity index (χ0v) is 24.1. The first-order chi connectivity index (χ1) is 20.8. The van der Waals surface area contributed by atoms with Gasteiger partial charge in [0.1, 0.15) is 12.0 Å². The Kier molecular flexibility index (Phi) is 8.26. The molecule has 4 aromatic rings. The first kappa shape index (κ1) is 29.0. The highest BCUT2D eigenvalue weighted by Gasteiger charge is 2.49. The number of hydrogen-bond donors (Lipinski definition) is 1. The smallest absolute Gasteiger partial charge is 0.369 e. The van der Waals surface area contributed by atoms with Crippen molar-refractivity contribution in [1.29, 1.82) is 0 Å². The predicted octanol–water partition coefficient (Wildman–Crippen LogP) is 7.29. The van der Waals surface area contributed by atoms with Gasteiger partial charge in [-0.2, -0.15) is 13.2 Å². The molecular weight excluding hydrogens is 547 g/mol. The third kappa shape index (κ3) is 6.04. The molecule has 0 radical (unpaired) electrons. The van der Waals surface area contributed by atoms with Gasteiger partial charge in [-0.1, -0.05) is 97.4 Å². The van der Waals surface area contributed by atoms with Crippen molar-refractivity contribution in [3.05, 3.63) is 114 Å². The van der Waals surface area contributed by atoms with Gasteiger partial charge in [0.15, 0.2) is 0 Å². The molecule has 0 saturated carbocycles. The SMILES string of the molecule is O=C(NCC(F)(F)F)C1(CCCCN2CCN(c3ccc(-c4ccccc4)cc3)CC2)c2ccccc2-c2ccccc21. The summed E-state index contributed by atoms with van der Waals surface area (Å²) < 4.78 is 39.4. The molecule has 4 aromatic carbocycles. The number of alkyl halides is 3. The van der Waals surface area contributed by atoms with Crippen LogP contribution in [0.5, 0.6) is 0 Å². The summed E-state index contributed by atoms with van der Waals surface area (Å²) in [5.41, 5.74) is 5.95. The van der Waals surface area contributed by atoms with Gasteiger partial charge in [-0.3, -0.25) is 9.69 Å². The van der Waals surface area contributed by atoms with Crippen molar-refractivity contribution in [1.82, 2.24) is 10.2 Å². The van der Waals surface area contributed by atoms with Crippen molar-refractivity contribution in [2.45, 2.75) is 30.9 Å². The molecule has 6 rings (SSSR count). The van der Waals surface area contributed by atoms with Crippen molar-refractivity contribution in [3.8, 4) is 22.3 Å². The van der Waals surface area contributed by atoms with E-state index in [1.54, 1.807) is 0 Å². The van der Waals surface area contributed by atoms with Gasteiger partial charge in [0.25, 0.3) is 0 Å². The van der Waals surface area contributed by atoms with E-state index in [1.807, 2.05) is 54.6 Å². The topological polar surface area (TPSA) is 35.6 Å². The molecule has 0 atom stereocenters. The molecule has 0 bridgehead atoms. The quantitative estimate of drug-likeness (QED) is 0.210. The molecule has 0 spiro atoms. The Morgan fingerprint density at radius 1 is 0.698 bits per heavy atom. The molecule has 43 heavy (non-hydrogen) atoms. The van der Waals surface area contributed by atoms with Gasteiger partial charge >= 0.3 is 6.18 Å². The van der Waals surface area contributed by atoms with Crippen molar-refractivity contribution in [3.63, 3.8) is 0 Å². The standard InChI is InChI=1S/C36H36F3N3O/c37-36(38,39)26-40-34(43)35(32-14-6-4-12-30(32)31-13-5-7-15-33(31)35)20-8-9-21-41-22-24-42(25-23-41)29-18-16-28(17-19-29)27-10-2-1-3-11-27/h1-7,10-19H,8-9,20-26H2,(H,40,43). The van der Waals surface area contributed by atoms with Crippen LogP contribution in [0.25, 0.3) is 22.3 Å². The molecule has 1 aliphatic carbocycles. The van der Waals surface area contributed by atoms with Gasteiger partial charge < -0.3 is 10.2 Å². The van der Waals surface area contributed by atoms with E-state index in [2.05, 4.69) is 63.6 Å². The largest absolute Gasteiger partial charge is 0.405 e. The van der Waals surface area contributed by atoms with Crippen LogP contribution >= 0.6 is 0 Å². The van der Waals surface area contributed by atoms with Gasteiger partial charge in [-0.15, -0.1) is 0 Å². The van der Waals surface area contributed by atoms with Crippen molar-refractivity contribution >= 4 is 11.6 Å². The van der Waals surface area contributed by atoms with Crippen molar-refractivity contribution in [2.75, 3.05) is 44.2 Å². The van der Waals surface area contributed by atoms with E-state index < -0.39 is 24.0 Å². The van der Waals surface area contributed by atoms with Crippen LogP contribution in [-0.2, 0) is 10.2 Å². The number of anilines is 1. The summed E-state index contributed by atoms with van der Waals surface area (Å²) in [5.74, 6) is -0.575. The molecule has 1 amide bonds. The molecule has 1 saturated heterocycles. The van der Waals surface area contributed by atoms with E-state index in [4.69, 9.17) is 0 Å². The molecular formula is C36H36F3N3O. The maximum Gasteiger partial charge on any atom is 0.405 e. The third-order valence-corrected chi connectivity index (χ3v) is 8.89. The zero-order chi connectivity index (χ0) is 29.9. The lowest BCUT2D eigenvalue weighted by molar-refractivity contribution is -0.141. The number of nitrogens with one attached hydrogen (secondary N) is 1. The lowest BCUT2D eigenvalue weighted by atomic mass is 9.73. The summed E-state index contributed by atoms with van der Waals surface area (Å²) in [6.07, 6.45) is -2.42. The molecule has 7 heteroatoms. The summed E-state index contributed by atoms with van der Waals surface area (Å²) in [4.78, 5) is 18.5. The predicted molar refractivity (Wildman–Crippen MR) is 166 cm³/mol. The van der Waals surface area contributed by atoms with Gasteiger partial charge in [0.05, 0.1) is 0 Å². The van der Waals surface area contributed by atoms with Crippen LogP contribution in [0.1, 0.15) is 30.4 Å². The van der Waals surface area contributed by atoms with E-state index in [-0.39, 0.29) is 0 Å². The molecule has 2 aliphatic rings. The van der Waals surface area contributed by atoms with E-state index >= 15 is 0 Å². The van der Waals surface area contributed by atoms with E-state index in [0.717, 1.165) is 67.8 Å². The number of hydrogen-bond acceptors (Lipinski definition) is 3. The van der Waals surface area contributed by atoms with Gasteiger partial charge in [-0.05, 0) is 64.9 Å². The lowest BCUT2D eigenvalue weighted by Gasteiger charge is -2.36. The maximum atomic E-state index is 13.7. The highest BCUT2D eigenvalue weighted by atomic mass is 19.4. The van der Waals surface area contributed by atoms with E-state index in [1.165, 1.54) is 16.8 Å². The normalized spacial score (nSPS) is 16.0. The summed E-state index contributed by atoms with van der Waals surface area (Å²) >= 11 is 0. The molecule has 0 aromatic heterocycles. The number of piperazine rings is 1. The monoisotopic (exact) mass is 583 g/mol. The minimum Gasteiger partial charge on any atom is -0.369 e. The molecule has 222 valence electrons. The Balaban J connectivity index is 1.08. The van der Waals surface area contributed by atoms with Crippen LogP contribution < -0.4 is 10.2 Å². The maximum absolute atomic E-state index is 13.7. The highest BCUT2D eigenvalue weighted by Crippen LogP contribution is 2.51. The first-order valence-electron chi connectivity index (χ1n) is 15.0. The van der Waals surface area contributed by atoms with Crippen LogP contribution in [0, 0.1) is 0 Å². The van der Waals surface area contributed by atoms with Crippen LogP contribution in [-0.4, -0.2) is 56.3 Å². The number of amides is 1. The second-order valence-electron chi connectivity index (χ2n) is 11.5. The Bertz CT molecular complexity index is 1500. The van der Waals surface area contributed by atoms with Gasteiger partial charge in [-0.25, -0.2) is 0 Å². The molecule has 1 fully saturated rings. The number of benzene rings is 4. The number of carbonyl (C=O) groups is 1. The average Bonchev–Trinajstić information content (AvgIpc) is 3.33. The average molecular weight is 584 g/mol. The van der Waals surface area contributed by atoms with Crippen LogP contribution in [0.15, 0.2) is 103 Å². The van der Waals surface area contributed by atoms with Gasteiger partial charge in [0.2, 0.25) is 5.91 Å².